The molecule has 0 aliphatic heterocycles. The van der Waals surface area contributed by atoms with Crippen LogP contribution in [0, 0.1) is 6.92 Å². The highest BCUT2D eigenvalue weighted by Gasteiger charge is 1.99. The second-order valence-electron chi connectivity index (χ2n) is 4.00. The van der Waals surface area contributed by atoms with Crippen molar-refractivity contribution in [2.45, 2.75) is 33.4 Å². The summed E-state index contributed by atoms with van der Waals surface area (Å²) in [6.45, 7) is 12.0. The molecule has 0 amide bonds. The fourth-order valence-electron chi connectivity index (χ4n) is 1.19. The first-order valence-electron chi connectivity index (χ1n) is 4.97. The Kier molecular flexibility index (Phi) is 3.89. The van der Waals surface area contributed by atoms with E-state index in [0.717, 1.165) is 18.7 Å². The van der Waals surface area contributed by atoms with Crippen molar-refractivity contribution >= 4 is 0 Å². The maximum atomic E-state index is 4.21. The molecule has 1 heterocycles. The molecule has 1 aromatic rings. The van der Waals surface area contributed by atoms with E-state index < -0.39 is 0 Å². The van der Waals surface area contributed by atoms with E-state index in [1.165, 1.54) is 5.56 Å². The predicted octanol–water partition coefficient (Wildman–Crippen LogP) is 1.75. The van der Waals surface area contributed by atoms with Gasteiger partial charge in [0, 0.05) is 18.8 Å². The Morgan fingerprint density at radius 3 is 2.86 bits per heavy atom. The molecule has 1 rings (SSSR count). The minimum absolute atomic E-state index is 0.506. The van der Waals surface area contributed by atoms with Crippen LogP contribution in [0.2, 0.25) is 0 Å². The zero-order valence-corrected chi connectivity index (χ0v) is 9.25. The molecule has 78 valence electrons. The molecule has 0 spiro atoms. The normalized spacial score (nSPS) is 10.9. The lowest BCUT2D eigenvalue weighted by atomic mass is 10.3. The third kappa shape index (κ3) is 3.75. The molecule has 0 saturated heterocycles. The second-order valence-corrected chi connectivity index (χ2v) is 4.00. The van der Waals surface area contributed by atoms with E-state index in [0.29, 0.717) is 6.04 Å². The quantitative estimate of drug-likeness (QED) is 0.722. The van der Waals surface area contributed by atoms with Gasteiger partial charge in [-0.3, -0.25) is 4.68 Å². The number of nitrogens with one attached hydrogen (secondary N) is 1. The molecular weight excluding hydrogens is 174 g/mol. The molecule has 0 unspecified atom stereocenters. The molecule has 0 saturated carbocycles. The number of rotatable bonds is 5. The zero-order valence-electron chi connectivity index (χ0n) is 9.25. The lowest BCUT2D eigenvalue weighted by molar-refractivity contribution is 0.588. The van der Waals surface area contributed by atoms with Crippen LogP contribution in [0.5, 0.6) is 0 Å². The molecule has 0 radical (unpaired) electrons. The van der Waals surface area contributed by atoms with E-state index in [1.54, 1.807) is 0 Å². The fraction of sp³-hybridized carbons (Fsp3) is 0.545. The van der Waals surface area contributed by atoms with Gasteiger partial charge < -0.3 is 5.32 Å². The Morgan fingerprint density at radius 2 is 2.36 bits per heavy atom. The van der Waals surface area contributed by atoms with Gasteiger partial charge in [-0.15, -0.1) is 0 Å². The summed E-state index contributed by atoms with van der Waals surface area (Å²) >= 11 is 0. The molecule has 3 nitrogen and oxygen atoms in total. The van der Waals surface area contributed by atoms with Crippen molar-refractivity contribution in [3.05, 3.63) is 30.1 Å². The Morgan fingerprint density at radius 1 is 1.64 bits per heavy atom. The fourth-order valence-corrected chi connectivity index (χ4v) is 1.19. The molecule has 0 fully saturated rings. The van der Waals surface area contributed by atoms with Gasteiger partial charge in [0.15, 0.2) is 0 Å². The number of hydrogen-bond donors (Lipinski definition) is 1. The monoisotopic (exact) mass is 193 g/mol. The van der Waals surface area contributed by atoms with Crippen LogP contribution >= 0.6 is 0 Å². The van der Waals surface area contributed by atoms with Gasteiger partial charge in [-0.25, -0.2) is 0 Å². The smallest absolute Gasteiger partial charge is 0.0629 e. The van der Waals surface area contributed by atoms with Crippen molar-refractivity contribution in [2.24, 2.45) is 0 Å². The van der Waals surface area contributed by atoms with Gasteiger partial charge in [-0.1, -0.05) is 20.4 Å². The lowest BCUT2D eigenvalue weighted by Gasteiger charge is -2.10. The van der Waals surface area contributed by atoms with Gasteiger partial charge in [-0.05, 0) is 18.1 Å². The lowest BCUT2D eigenvalue weighted by Crippen LogP contribution is -2.25. The van der Waals surface area contributed by atoms with Crippen molar-refractivity contribution in [1.82, 2.24) is 15.1 Å². The summed E-state index contributed by atoms with van der Waals surface area (Å²) in [6, 6.07) is 0.506. The van der Waals surface area contributed by atoms with Crippen LogP contribution in [0.3, 0.4) is 0 Å². The van der Waals surface area contributed by atoms with Gasteiger partial charge >= 0.3 is 0 Å². The third-order valence-corrected chi connectivity index (χ3v) is 1.91. The average Bonchev–Trinajstić information content (AvgIpc) is 2.48. The molecule has 0 aromatic carbocycles. The SMILES string of the molecule is C=C(CNC(C)C)Cn1cc(C)cn1. The van der Waals surface area contributed by atoms with E-state index >= 15 is 0 Å². The molecule has 0 aliphatic carbocycles. The largest absolute Gasteiger partial charge is 0.311 e. The number of aryl methyl sites for hydroxylation is 1. The molecule has 0 bridgehead atoms. The maximum absolute atomic E-state index is 4.21. The van der Waals surface area contributed by atoms with Crippen molar-refractivity contribution < 1.29 is 0 Å². The van der Waals surface area contributed by atoms with Gasteiger partial charge in [0.1, 0.15) is 0 Å². The highest BCUT2D eigenvalue weighted by molar-refractivity contribution is 5.03. The minimum Gasteiger partial charge on any atom is -0.311 e. The summed E-state index contributed by atoms with van der Waals surface area (Å²) in [7, 11) is 0. The summed E-state index contributed by atoms with van der Waals surface area (Å²) in [4.78, 5) is 0. The molecule has 1 N–H and O–H groups in total. The van der Waals surface area contributed by atoms with Crippen LogP contribution in [-0.2, 0) is 6.54 Å². The standard InChI is InChI=1S/C11H19N3/c1-9(2)12-5-10(3)7-14-8-11(4)6-13-14/h6,8-9,12H,3,5,7H2,1-2,4H3. The number of nitrogens with zero attached hydrogens (tertiary/aromatic N) is 2. The predicted molar refractivity (Wildman–Crippen MR) is 59.2 cm³/mol. The van der Waals surface area contributed by atoms with Gasteiger partial charge in [-0.2, -0.15) is 5.10 Å². The highest BCUT2D eigenvalue weighted by Crippen LogP contribution is 1.98. The molecule has 0 atom stereocenters. The summed E-state index contributed by atoms with van der Waals surface area (Å²) < 4.78 is 1.92. The molecule has 0 aliphatic rings. The maximum Gasteiger partial charge on any atom is 0.0629 e. The van der Waals surface area contributed by atoms with Crippen molar-refractivity contribution in [2.75, 3.05) is 6.54 Å². The van der Waals surface area contributed by atoms with Crippen LogP contribution < -0.4 is 5.32 Å². The third-order valence-electron chi connectivity index (χ3n) is 1.91. The molecule has 14 heavy (non-hydrogen) atoms. The van der Waals surface area contributed by atoms with Crippen molar-refractivity contribution in [1.29, 1.82) is 0 Å². The molecule has 1 aromatic heterocycles. The highest BCUT2D eigenvalue weighted by atomic mass is 15.3. The van der Waals surface area contributed by atoms with E-state index in [-0.39, 0.29) is 0 Å². The van der Waals surface area contributed by atoms with E-state index in [4.69, 9.17) is 0 Å². The van der Waals surface area contributed by atoms with E-state index in [1.807, 2.05) is 24.0 Å². The first-order valence-corrected chi connectivity index (χ1v) is 4.97. The second kappa shape index (κ2) is 4.96. The van der Waals surface area contributed by atoms with Crippen LogP contribution in [0.4, 0.5) is 0 Å². The topological polar surface area (TPSA) is 29.9 Å². The van der Waals surface area contributed by atoms with Gasteiger partial charge in [0.05, 0.1) is 12.7 Å². The van der Waals surface area contributed by atoms with Crippen LogP contribution in [0.15, 0.2) is 24.5 Å². The summed E-state index contributed by atoms with van der Waals surface area (Å²) in [6.07, 6.45) is 3.89. The molecular formula is C11H19N3. The summed E-state index contributed by atoms with van der Waals surface area (Å²) in [5.74, 6) is 0. The van der Waals surface area contributed by atoms with E-state index in [9.17, 15) is 0 Å². The van der Waals surface area contributed by atoms with Crippen LogP contribution in [-0.4, -0.2) is 22.4 Å². The minimum atomic E-state index is 0.506. The Bertz CT molecular complexity index is 299. The van der Waals surface area contributed by atoms with Gasteiger partial charge in [0.25, 0.3) is 0 Å². The Balaban J connectivity index is 2.34. The van der Waals surface area contributed by atoms with Gasteiger partial charge in [0.2, 0.25) is 0 Å². The number of hydrogen-bond acceptors (Lipinski definition) is 2. The van der Waals surface area contributed by atoms with Crippen LogP contribution in [0.1, 0.15) is 19.4 Å². The summed E-state index contributed by atoms with van der Waals surface area (Å²) in [5.41, 5.74) is 2.34. The first-order chi connectivity index (χ1) is 6.58. The Labute approximate surface area is 85.8 Å². The Hall–Kier alpha value is -1.09. The van der Waals surface area contributed by atoms with Crippen molar-refractivity contribution in [3.63, 3.8) is 0 Å². The van der Waals surface area contributed by atoms with Crippen LogP contribution in [0.25, 0.3) is 0 Å². The summed E-state index contributed by atoms with van der Waals surface area (Å²) in [5, 5.41) is 7.54. The molecule has 3 heteroatoms. The number of aromatic nitrogens is 2. The van der Waals surface area contributed by atoms with E-state index in [2.05, 4.69) is 30.8 Å². The zero-order chi connectivity index (χ0) is 10.6. The first kappa shape index (κ1) is 11.0. The average molecular weight is 193 g/mol. The van der Waals surface area contributed by atoms with Crippen molar-refractivity contribution in [3.8, 4) is 0 Å².